The predicted molar refractivity (Wildman–Crippen MR) is 89.2 cm³/mol. The number of carboxylic acid groups (broad SMARTS) is 1. The number of rotatable bonds is 9. The first kappa shape index (κ1) is 24.7. The Bertz CT molecular complexity index is 569. The van der Waals surface area contributed by atoms with E-state index in [-0.39, 0.29) is 82.8 Å². The minimum absolute atomic E-state index is 0. The largest absolute Gasteiger partial charge is 1.00 e. The summed E-state index contributed by atoms with van der Waals surface area (Å²) in [4.78, 5) is 35.2. The smallest absolute Gasteiger partial charge is 0.548 e. The van der Waals surface area contributed by atoms with Gasteiger partial charge in [-0.05, 0) is 17.9 Å². The molecule has 0 aliphatic heterocycles. The number of hydrogen-bond acceptors (Lipinski definition) is 4. The van der Waals surface area contributed by atoms with E-state index in [4.69, 9.17) is 11.6 Å². The van der Waals surface area contributed by atoms with Crippen molar-refractivity contribution >= 4 is 29.4 Å². The van der Waals surface area contributed by atoms with Crippen LogP contribution < -0.4 is 73.9 Å². The fraction of sp³-hybridized carbons (Fsp3) is 0.471. The summed E-state index contributed by atoms with van der Waals surface area (Å²) in [5, 5.41) is 16.2. The van der Waals surface area contributed by atoms with E-state index >= 15 is 0 Å². The Hall–Kier alpha value is -0.275. The van der Waals surface area contributed by atoms with Gasteiger partial charge >= 0.3 is 58.2 Å². The van der Waals surface area contributed by atoms with Gasteiger partial charge in [-0.15, -0.1) is 11.6 Å². The van der Waals surface area contributed by atoms with E-state index in [9.17, 15) is 19.5 Å². The molecule has 0 aliphatic carbocycles. The predicted octanol–water partition coefficient (Wildman–Crippen LogP) is -2.76. The van der Waals surface area contributed by atoms with Crippen LogP contribution in [0, 0.1) is 5.92 Å². The molecule has 2 amide bonds. The van der Waals surface area contributed by atoms with Crippen molar-refractivity contribution in [3.8, 4) is 0 Å². The summed E-state index contributed by atoms with van der Waals surface area (Å²) in [6, 6.07) is 7.09. The number of halogens is 1. The molecule has 0 saturated heterocycles. The molecule has 0 spiro atoms. The third-order valence-electron chi connectivity index (χ3n) is 3.36. The van der Waals surface area contributed by atoms with Gasteiger partial charge in [-0.3, -0.25) is 9.59 Å². The Morgan fingerprint density at radius 3 is 2.16 bits per heavy atom. The van der Waals surface area contributed by atoms with Crippen LogP contribution in [0.15, 0.2) is 30.3 Å². The number of hydrogen-bond donors (Lipinski definition) is 2. The zero-order valence-corrected chi connectivity index (χ0v) is 20.4. The molecule has 1 rings (SSSR count). The van der Waals surface area contributed by atoms with E-state index in [2.05, 4.69) is 10.6 Å². The molecule has 1 aromatic carbocycles. The van der Waals surface area contributed by atoms with Gasteiger partial charge < -0.3 is 20.5 Å². The van der Waals surface area contributed by atoms with E-state index in [1.807, 2.05) is 44.2 Å². The van der Waals surface area contributed by atoms with Crippen LogP contribution in [0.3, 0.4) is 0 Å². The van der Waals surface area contributed by atoms with E-state index in [1.165, 1.54) is 0 Å². The summed E-state index contributed by atoms with van der Waals surface area (Å²) >= 11 is 5.48. The zero-order valence-electron chi connectivity index (χ0n) is 14.8. The molecule has 0 saturated carbocycles. The van der Waals surface area contributed by atoms with Gasteiger partial charge in [0.05, 0.1) is 12.0 Å². The second-order valence-corrected chi connectivity index (χ2v) is 6.22. The molecule has 2 atom stereocenters. The number of nitrogens with one attached hydrogen (secondary N) is 2. The molecule has 132 valence electrons. The minimum Gasteiger partial charge on any atom is -0.548 e. The quantitative estimate of drug-likeness (QED) is 0.408. The van der Waals surface area contributed by atoms with Crippen LogP contribution in [0.25, 0.3) is 0 Å². The van der Waals surface area contributed by atoms with Gasteiger partial charge in [-0.25, -0.2) is 0 Å². The van der Waals surface area contributed by atoms with Crippen molar-refractivity contribution in [2.45, 2.75) is 38.8 Å². The molecule has 1 aromatic rings. The van der Waals surface area contributed by atoms with Crippen LogP contribution in [0.1, 0.15) is 25.8 Å². The second kappa shape index (κ2) is 13.0. The summed E-state index contributed by atoms with van der Waals surface area (Å²) in [6.07, 6.45) is 0.479. The third kappa shape index (κ3) is 9.85. The molecule has 8 heteroatoms. The first-order valence-corrected chi connectivity index (χ1v) is 8.27. The van der Waals surface area contributed by atoms with Crippen LogP contribution in [0.4, 0.5) is 0 Å². The van der Waals surface area contributed by atoms with Gasteiger partial charge in [-0.1, -0.05) is 44.2 Å². The Kier molecular flexibility index (Phi) is 12.8. The summed E-state index contributed by atoms with van der Waals surface area (Å²) in [5.74, 6) is -2.64. The number of carbonyl (C=O) groups excluding carboxylic acids is 3. The average molecular weight is 439 g/mol. The van der Waals surface area contributed by atoms with Gasteiger partial charge in [0.15, 0.2) is 0 Å². The molecule has 1 unspecified atom stereocenters. The molecule has 25 heavy (non-hydrogen) atoms. The van der Waals surface area contributed by atoms with Crippen LogP contribution in [0.2, 0.25) is 0 Å². The van der Waals surface area contributed by atoms with Gasteiger partial charge in [-0.2, -0.15) is 0 Å². The Labute approximate surface area is 201 Å². The van der Waals surface area contributed by atoms with Crippen molar-refractivity contribution in [2.24, 2.45) is 5.92 Å². The maximum absolute atomic E-state index is 12.4. The van der Waals surface area contributed by atoms with Crippen LogP contribution >= 0.6 is 11.6 Å². The van der Waals surface area contributed by atoms with Crippen molar-refractivity contribution in [2.75, 3.05) is 5.88 Å². The molecule has 0 radical (unpaired) electrons. The number of aliphatic carboxylic acids is 1. The molecule has 0 fully saturated rings. The maximum atomic E-state index is 12.4. The number of carboxylic acids is 1. The first-order valence-electron chi connectivity index (χ1n) is 7.74. The number of carbonyl (C=O) groups is 3. The fourth-order valence-corrected chi connectivity index (χ4v) is 2.33. The fourth-order valence-electron chi connectivity index (χ4n) is 2.25. The second-order valence-electron chi connectivity index (χ2n) is 5.95. The summed E-state index contributed by atoms with van der Waals surface area (Å²) < 4.78 is 0. The maximum Gasteiger partial charge on any atom is 1.00 e. The summed E-state index contributed by atoms with van der Waals surface area (Å²) in [6.45, 7) is 3.69. The number of benzene rings is 1. The molecule has 0 aromatic heterocycles. The van der Waals surface area contributed by atoms with Crippen LogP contribution in [-0.4, -0.2) is 35.7 Å². The topological polar surface area (TPSA) is 98.3 Å². The molecular formula is C17H22ClN2O4Rb. The van der Waals surface area contributed by atoms with Gasteiger partial charge in [0.2, 0.25) is 11.8 Å². The van der Waals surface area contributed by atoms with Crippen molar-refractivity contribution in [1.82, 2.24) is 10.6 Å². The Morgan fingerprint density at radius 2 is 1.68 bits per heavy atom. The van der Waals surface area contributed by atoms with E-state index in [0.29, 0.717) is 0 Å². The van der Waals surface area contributed by atoms with Crippen molar-refractivity contribution < 1.29 is 77.7 Å². The standard InChI is InChI=1S/C17H23ClN2O4.Rb/c1-11(2)8-14(17(23)24)20-16(22)13(19-15(21)10-18)9-12-6-4-3-5-7-12;/h3-7,11,13-14H,8-10H2,1-2H3,(H,19,21)(H,20,22)(H,23,24);/q;+1/p-1/t13?,14-;/m1./s1. The summed E-state index contributed by atoms with van der Waals surface area (Å²) in [5.41, 5.74) is 0.835. The first-order chi connectivity index (χ1) is 11.3. The van der Waals surface area contributed by atoms with Gasteiger partial charge in [0.1, 0.15) is 11.9 Å². The van der Waals surface area contributed by atoms with E-state index in [1.54, 1.807) is 0 Å². The molecule has 0 bridgehead atoms. The van der Waals surface area contributed by atoms with Crippen molar-refractivity contribution in [3.63, 3.8) is 0 Å². The number of amides is 2. The molecular weight excluding hydrogens is 417 g/mol. The monoisotopic (exact) mass is 438 g/mol. The Balaban J connectivity index is 0.00000576. The molecule has 0 aliphatic rings. The zero-order chi connectivity index (χ0) is 18.1. The Morgan fingerprint density at radius 1 is 1.08 bits per heavy atom. The van der Waals surface area contributed by atoms with Crippen molar-refractivity contribution in [1.29, 1.82) is 0 Å². The van der Waals surface area contributed by atoms with Gasteiger partial charge in [0, 0.05) is 6.42 Å². The molecule has 0 heterocycles. The van der Waals surface area contributed by atoms with Gasteiger partial charge in [0.25, 0.3) is 0 Å². The summed E-state index contributed by atoms with van der Waals surface area (Å²) in [7, 11) is 0. The normalized spacial score (nSPS) is 12.6. The number of alkyl halides is 1. The molecule has 6 nitrogen and oxygen atoms in total. The average Bonchev–Trinajstić information content (AvgIpc) is 2.53. The van der Waals surface area contributed by atoms with Crippen molar-refractivity contribution in [3.05, 3.63) is 35.9 Å². The SMILES string of the molecule is CC(C)C[C@@H](NC(=O)C(Cc1ccccc1)NC(=O)CCl)C(=O)[O-].[Rb+]. The van der Waals surface area contributed by atoms with Crippen LogP contribution in [-0.2, 0) is 20.8 Å². The third-order valence-corrected chi connectivity index (χ3v) is 3.61. The van der Waals surface area contributed by atoms with E-state index in [0.717, 1.165) is 5.56 Å². The molecule has 2 N–H and O–H groups in total. The minimum atomic E-state index is -1.35. The van der Waals surface area contributed by atoms with E-state index < -0.39 is 29.9 Å². The van der Waals surface area contributed by atoms with Crippen LogP contribution in [0.5, 0.6) is 0 Å².